The van der Waals surface area contributed by atoms with E-state index in [1.807, 2.05) is 11.8 Å². The Morgan fingerprint density at radius 3 is 2.53 bits per heavy atom. The van der Waals surface area contributed by atoms with E-state index in [4.69, 9.17) is 0 Å². The molecule has 0 aliphatic carbocycles. The van der Waals surface area contributed by atoms with E-state index in [1.54, 1.807) is 12.1 Å². The van der Waals surface area contributed by atoms with Crippen LogP contribution in [0.1, 0.15) is 24.0 Å². The maximum atomic E-state index is 12.8. The van der Waals surface area contributed by atoms with Crippen LogP contribution < -0.4 is 5.32 Å². The molecule has 1 fully saturated rings. The Morgan fingerprint density at radius 1 is 1.16 bits per heavy atom. The second-order valence-electron chi connectivity index (χ2n) is 4.84. The van der Waals surface area contributed by atoms with Crippen molar-refractivity contribution in [2.45, 2.75) is 25.6 Å². The highest BCUT2D eigenvalue weighted by Crippen LogP contribution is 2.31. The quantitative estimate of drug-likeness (QED) is 0.901. The van der Waals surface area contributed by atoms with Crippen LogP contribution in [0, 0.1) is 5.92 Å². The number of nitrogens with one attached hydrogen (secondary N) is 1. The maximum absolute atomic E-state index is 12.8. The fourth-order valence-corrected chi connectivity index (χ4v) is 3.52. The van der Waals surface area contributed by atoms with Crippen molar-refractivity contribution in [1.29, 1.82) is 0 Å². The topological polar surface area (TPSA) is 12.0 Å². The summed E-state index contributed by atoms with van der Waals surface area (Å²) in [7, 11) is 0. The smallest absolute Gasteiger partial charge is 0.312 e. The van der Waals surface area contributed by atoms with Gasteiger partial charge in [0.1, 0.15) is 0 Å². The molecule has 1 N–H and O–H groups in total. The number of benzene rings is 1. The molecule has 0 amide bonds. The fourth-order valence-electron chi connectivity index (χ4n) is 2.31. The number of thioether (sulfide) groups is 1. The van der Waals surface area contributed by atoms with Crippen LogP contribution in [0.5, 0.6) is 0 Å². The van der Waals surface area contributed by atoms with Crippen molar-refractivity contribution in [3.63, 3.8) is 0 Å². The molecular formula is C14H18F3NS. The molecule has 106 valence electrons. The number of alkyl halides is 3. The van der Waals surface area contributed by atoms with Crippen LogP contribution in [-0.4, -0.2) is 18.1 Å². The summed E-state index contributed by atoms with van der Waals surface area (Å²) in [6.45, 7) is 1.10. The number of rotatable bonds is 4. The van der Waals surface area contributed by atoms with E-state index < -0.39 is 11.7 Å². The Labute approximate surface area is 116 Å². The molecule has 0 unspecified atom stereocenters. The highest BCUT2D eigenvalue weighted by Gasteiger charge is 2.32. The first-order valence-corrected chi connectivity index (χ1v) is 7.66. The molecule has 0 saturated carbocycles. The van der Waals surface area contributed by atoms with Crippen LogP contribution >= 0.6 is 11.8 Å². The Bertz CT molecular complexity index is 400. The van der Waals surface area contributed by atoms with Gasteiger partial charge in [-0.15, -0.1) is 0 Å². The van der Waals surface area contributed by atoms with Crippen molar-refractivity contribution < 1.29 is 13.2 Å². The van der Waals surface area contributed by atoms with Gasteiger partial charge < -0.3 is 5.32 Å². The van der Waals surface area contributed by atoms with E-state index in [-0.39, 0.29) is 0 Å². The summed E-state index contributed by atoms with van der Waals surface area (Å²) < 4.78 is 38.4. The normalized spacial score (nSPS) is 17.6. The lowest BCUT2D eigenvalue weighted by atomic mass is 10.0. The lowest BCUT2D eigenvalue weighted by Crippen LogP contribution is -2.26. The van der Waals surface area contributed by atoms with E-state index in [0.717, 1.165) is 12.6 Å². The van der Waals surface area contributed by atoms with E-state index in [0.29, 0.717) is 18.0 Å². The van der Waals surface area contributed by atoms with Gasteiger partial charge in [0.25, 0.3) is 0 Å². The van der Waals surface area contributed by atoms with Gasteiger partial charge in [0.2, 0.25) is 0 Å². The fraction of sp³-hybridized carbons (Fsp3) is 0.571. The zero-order chi connectivity index (χ0) is 13.7. The molecule has 19 heavy (non-hydrogen) atoms. The van der Waals surface area contributed by atoms with Crippen molar-refractivity contribution in [1.82, 2.24) is 5.32 Å². The summed E-state index contributed by atoms with van der Waals surface area (Å²) >= 11 is 1.96. The number of hydrogen-bond acceptors (Lipinski definition) is 2. The molecular weight excluding hydrogens is 271 g/mol. The van der Waals surface area contributed by atoms with Gasteiger partial charge in [-0.1, -0.05) is 18.2 Å². The molecule has 0 aromatic heterocycles. The van der Waals surface area contributed by atoms with Gasteiger partial charge in [-0.3, -0.25) is 0 Å². The standard InChI is InChI=1S/C14H18F3NS/c15-14(16,17)13-4-2-1-3-12(13)10-18-9-11-5-7-19-8-6-11/h1-4,11,18H,5-10H2. The van der Waals surface area contributed by atoms with Crippen molar-refractivity contribution >= 4 is 11.8 Å². The molecule has 0 spiro atoms. The summed E-state index contributed by atoms with van der Waals surface area (Å²) in [6.07, 6.45) is -1.93. The molecule has 1 heterocycles. The van der Waals surface area contributed by atoms with Gasteiger partial charge in [0, 0.05) is 6.54 Å². The zero-order valence-electron chi connectivity index (χ0n) is 10.7. The SMILES string of the molecule is FC(F)(F)c1ccccc1CNCC1CCSCC1. The minimum absolute atomic E-state index is 0.291. The molecule has 1 saturated heterocycles. The van der Waals surface area contributed by atoms with Crippen molar-refractivity contribution in [2.75, 3.05) is 18.1 Å². The van der Waals surface area contributed by atoms with Gasteiger partial charge >= 0.3 is 6.18 Å². The summed E-state index contributed by atoms with van der Waals surface area (Å²) in [5, 5.41) is 3.17. The molecule has 1 aliphatic heterocycles. The third-order valence-electron chi connectivity index (χ3n) is 3.41. The van der Waals surface area contributed by atoms with Gasteiger partial charge in [-0.2, -0.15) is 24.9 Å². The summed E-state index contributed by atoms with van der Waals surface area (Å²) in [4.78, 5) is 0. The second kappa shape index (κ2) is 6.66. The van der Waals surface area contributed by atoms with Crippen molar-refractivity contribution in [3.05, 3.63) is 35.4 Å². The first-order chi connectivity index (χ1) is 9.07. The predicted octanol–water partition coefficient (Wildman–Crippen LogP) is 3.94. The van der Waals surface area contributed by atoms with Crippen molar-refractivity contribution in [2.24, 2.45) is 5.92 Å². The Morgan fingerprint density at radius 2 is 1.84 bits per heavy atom. The lowest BCUT2D eigenvalue weighted by Gasteiger charge is -2.22. The van der Waals surface area contributed by atoms with Crippen LogP contribution in [0.15, 0.2) is 24.3 Å². The monoisotopic (exact) mass is 289 g/mol. The zero-order valence-corrected chi connectivity index (χ0v) is 11.5. The molecule has 0 atom stereocenters. The molecule has 1 nitrogen and oxygen atoms in total. The van der Waals surface area contributed by atoms with Crippen LogP contribution in [0.25, 0.3) is 0 Å². The molecule has 2 rings (SSSR count). The van der Waals surface area contributed by atoms with Crippen LogP contribution in [0.2, 0.25) is 0 Å². The number of hydrogen-bond donors (Lipinski definition) is 1. The lowest BCUT2D eigenvalue weighted by molar-refractivity contribution is -0.138. The van der Waals surface area contributed by atoms with Gasteiger partial charge in [0.05, 0.1) is 5.56 Å². The molecule has 0 radical (unpaired) electrons. The molecule has 5 heteroatoms. The number of halogens is 3. The van der Waals surface area contributed by atoms with E-state index in [2.05, 4.69) is 5.32 Å². The molecule has 0 bridgehead atoms. The van der Waals surface area contributed by atoms with Gasteiger partial charge in [0.15, 0.2) is 0 Å². The summed E-state index contributed by atoms with van der Waals surface area (Å²) in [6, 6.07) is 5.79. The highest BCUT2D eigenvalue weighted by atomic mass is 32.2. The van der Waals surface area contributed by atoms with Crippen LogP contribution in [0.4, 0.5) is 13.2 Å². The Balaban J connectivity index is 1.88. The van der Waals surface area contributed by atoms with Crippen LogP contribution in [-0.2, 0) is 12.7 Å². The van der Waals surface area contributed by atoms with E-state index in [9.17, 15) is 13.2 Å². The molecule has 1 aliphatic rings. The average Bonchev–Trinajstić information content (AvgIpc) is 2.39. The van der Waals surface area contributed by atoms with Gasteiger partial charge in [-0.05, 0) is 48.4 Å². The Kier molecular flexibility index (Phi) is 5.16. The summed E-state index contributed by atoms with van der Waals surface area (Å²) in [5.41, 5.74) is -0.193. The Hall–Kier alpha value is -0.680. The van der Waals surface area contributed by atoms with Crippen LogP contribution in [0.3, 0.4) is 0 Å². The highest BCUT2D eigenvalue weighted by molar-refractivity contribution is 7.99. The molecule has 1 aromatic rings. The third kappa shape index (κ3) is 4.42. The van der Waals surface area contributed by atoms with E-state index in [1.165, 1.54) is 30.4 Å². The maximum Gasteiger partial charge on any atom is 0.416 e. The third-order valence-corrected chi connectivity index (χ3v) is 4.46. The molecule has 1 aromatic carbocycles. The predicted molar refractivity (Wildman–Crippen MR) is 73.2 cm³/mol. The van der Waals surface area contributed by atoms with E-state index >= 15 is 0 Å². The van der Waals surface area contributed by atoms with Crippen molar-refractivity contribution in [3.8, 4) is 0 Å². The minimum atomic E-state index is -4.26. The summed E-state index contributed by atoms with van der Waals surface area (Å²) in [5.74, 6) is 2.95. The average molecular weight is 289 g/mol. The largest absolute Gasteiger partial charge is 0.416 e. The van der Waals surface area contributed by atoms with Gasteiger partial charge in [-0.25, -0.2) is 0 Å². The first kappa shape index (κ1) is 14.7. The minimum Gasteiger partial charge on any atom is -0.312 e. The first-order valence-electron chi connectivity index (χ1n) is 6.51. The second-order valence-corrected chi connectivity index (χ2v) is 6.07.